The molecule has 0 aliphatic rings. The van der Waals surface area contributed by atoms with Gasteiger partial charge in [-0.15, -0.1) is 0 Å². The molecule has 0 saturated carbocycles. The molecule has 0 aliphatic heterocycles. The molecule has 2 heteroatoms. The number of allylic oxidation sites excluding steroid dienone is 6. The van der Waals surface area contributed by atoms with Crippen LogP contribution in [0.5, 0.6) is 0 Å². The van der Waals surface area contributed by atoms with Crippen molar-refractivity contribution in [1.29, 1.82) is 0 Å². The van der Waals surface area contributed by atoms with Crippen molar-refractivity contribution in [2.24, 2.45) is 10.7 Å². The van der Waals surface area contributed by atoms with Crippen LogP contribution >= 0.6 is 0 Å². The van der Waals surface area contributed by atoms with Crippen molar-refractivity contribution >= 4 is 6.21 Å². The first kappa shape index (κ1) is 11.4. The molecule has 2 nitrogen and oxygen atoms in total. The van der Waals surface area contributed by atoms with Gasteiger partial charge in [-0.25, -0.2) is 0 Å². The van der Waals surface area contributed by atoms with E-state index in [4.69, 9.17) is 5.73 Å². The Hall–Kier alpha value is -1.57. The molecule has 0 radical (unpaired) electrons. The van der Waals surface area contributed by atoms with Gasteiger partial charge in [0.25, 0.3) is 0 Å². The summed E-state index contributed by atoms with van der Waals surface area (Å²) in [6, 6.07) is 0. The lowest BCUT2D eigenvalue weighted by atomic mass is 10.1. The van der Waals surface area contributed by atoms with Gasteiger partial charge in [0.15, 0.2) is 0 Å². The average molecular weight is 176 g/mol. The van der Waals surface area contributed by atoms with E-state index in [0.717, 1.165) is 11.1 Å². The van der Waals surface area contributed by atoms with E-state index < -0.39 is 0 Å². The topological polar surface area (TPSA) is 38.4 Å². The van der Waals surface area contributed by atoms with Crippen LogP contribution in [0.25, 0.3) is 0 Å². The molecular weight excluding hydrogens is 160 g/mol. The highest BCUT2D eigenvalue weighted by Gasteiger charge is 1.93. The van der Waals surface area contributed by atoms with Gasteiger partial charge in [0.2, 0.25) is 0 Å². The molecule has 0 rings (SSSR count). The second-order valence-corrected chi connectivity index (χ2v) is 2.34. The SMILES string of the molecule is C=CC(=C\C=N/C)/C(/C=C\N)=C/C. The van der Waals surface area contributed by atoms with Gasteiger partial charge in [-0.3, -0.25) is 4.99 Å². The molecule has 0 aromatic rings. The molecule has 0 amide bonds. The van der Waals surface area contributed by atoms with Crippen molar-refractivity contribution in [3.05, 3.63) is 48.2 Å². The number of rotatable bonds is 4. The third-order valence-corrected chi connectivity index (χ3v) is 1.54. The summed E-state index contributed by atoms with van der Waals surface area (Å²) in [4.78, 5) is 3.87. The fraction of sp³-hybridized carbons (Fsp3) is 0.182. The van der Waals surface area contributed by atoms with Gasteiger partial charge in [-0.1, -0.05) is 18.7 Å². The molecule has 13 heavy (non-hydrogen) atoms. The Bertz CT molecular complexity index is 268. The van der Waals surface area contributed by atoms with Crippen LogP contribution in [-0.4, -0.2) is 13.3 Å². The van der Waals surface area contributed by atoms with Crippen molar-refractivity contribution in [2.45, 2.75) is 6.92 Å². The Morgan fingerprint density at radius 1 is 1.38 bits per heavy atom. The van der Waals surface area contributed by atoms with E-state index >= 15 is 0 Å². The second kappa shape index (κ2) is 7.10. The summed E-state index contributed by atoms with van der Waals surface area (Å²) < 4.78 is 0. The summed E-state index contributed by atoms with van der Waals surface area (Å²) in [7, 11) is 1.73. The number of hydrogen-bond acceptors (Lipinski definition) is 2. The Morgan fingerprint density at radius 3 is 2.46 bits per heavy atom. The molecule has 0 aromatic heterocycles. The number of hydrogen-bond donors (Lipinski definition) is 1. The van der Waals surface area contributed by atoms with Crippen molar-refractivity contribution in [2.75, 3.05) is 7.05 Å². The van der Waals surface area contributed by atoms with Gasteiger partial charge < -0.3 is 5.73 Å². The highest BCUT2D eigenvalue weighted by atomic mass is 14.6. The first-order valence-corrected chi connectivity index (χ1v) is 4.10. The Kier molecular flexibility index (Phi) is 6.24. The van der Waals surface area contributed by atoms with E-state index in [0.29, 0.717) is 0 Å². The Labute approximate surface area is 79.9 Å². The first-order valence-electron chi connectivity index (χ1n) is 4.10. The minimum absolute atomic E-state index is 1.01. The molecular formula is C11H16N2. The maximum absolute atomic E-state index is 5.31. The third-order valence-electron chi connectivity index (χ3n) is 1.54. The largest absolute Gasteiger partial charge is 0.405 e. The average Bonchev–Trinajstić information content (AvgIpc) is 2.17. The van der Waals surface area contributed by atoms with Crippen LogP contribution < -0.4 is 5.73 Å². The zero-order chi connectivity index (χ0) is 10.1. The highest BCUT2D eigenvalue weighted by molar-refractivity contribution is 5.75. The lowest BCUT2D eigenvalue weighted by molar-refractivity contribution is 1.45. The lowest BCUT2D eigenvalue weighted by Crippen LogP contribution is -1.86. The lowest BCUT2D eigenvalue weighted by Gasteiger charge is -2.00. The van der Waals surface area contributed by atoms with Gasteiger partial charge in [-0.05, 0) is 36.4 Å². The monoisotopic (exact) mass is 176 g/mol. The van der Waals surface area contributed by atoms with Gasteiger partial charge in [0.05, 0.1) is 0 Å². The Morgan fingerprint density at radius 2 is 2.08 bits per heavy atom. The molecule has 0 aromatic carbocycles. The molecule has 2 N–H and O–H groups in total. The van der Waals surface area contributed by atoms with Crippen molar-refractivity contribution in [1.82, 2.24) is 0 Å². The summed E-state index contributed by atoms with van der Waals surface area (Å²) in [5, 5.41) is 0. The van der Waals surface area contributed by atoms with E-state index in [1.807, 2.05) is 25.2 Å². The number of nitrogens with two attached hydrogens (primary N) is 1. The van der Waals surface area contributed by atoms with E-state index in [9.17, 15) is 0 Å². The van der Waals surface area contributed by atoms with Crippen molar-refractivity contribution < 1.29 is 0 Å². The third kappa shape index (κ3) is 4.11. The predicted molar refractivity (Wildman–Crippen MR) is 59.8 cm³/mol. The van der Waals surface area contributed by atoms with Gasteiger partial charge in [0.1, 0.15) is 0 Å². The fourth-order valence-corrected chi connectivity index (χ4v) is 0.900. The molecule has 0 spiro atoms. The standard InChI is InChI=1S/C11H16N2/c1-4-10(6-8-12)11(5-2)7-9-13-3/h4-9H,2,12H2,1,3H3/b8-6-,10-4+,11-7+,13-9-. The maximum Gasteiger partial charge on any atom is 0.0277 e. The molecule has 0 aliphatic carbocycles. The zero-order valence-electron chi connectivity index (χ0n) is 8.20. The summed E-state index contributed by atoms with van der Waals surface area (Å²) in [6.45, 7) is 5.67. The quantitative estimate of drug-likeness (QED) is 0.517. The van der Waals surface area contributed by atoms with Crippen LogP contribution in [0.15, 0.2) is 53.2 Å². The highest BCUT2D eigenvalue weighted by Crippen LogP contribution is 2.11. The van der Waals surface area contributed by atoms with E-state index in [1.165, 1.54) is 6.20 Å². The first-order chi connectivity index (χ1) is 6.29. The summed E-state index contributed by atoms with van der Waals surface area (Å²) in [6.07, 6.45) is 10.7. The van der Waals surface area contributed by atoms with Crippen LogP contribution in [-0.2, 0) is 0 Å². The van der Waals surface area contributed by atoms with Crippen LogP contribution in [0.3, 0.4) is 0 Å². The fourth-order valence-electron chi connectivity index (χ4n) is 0.900. The number of nitrogens with zero attached hydrogens (tertiary/aromatic N) is 1. The second-order valence-electron chi connectivity index (χ2n) is 2.34. The molecule has 0 unspecified atom stereocenters. The molecule has 0 fully saturated rings. The minimum atomic E-state index is 1.01. The smallest absolute Gasteiger partial charge is 0.0277 e. The maximum atomic E-state index is 5.31. The summed E-state index contributed by atoms with van der Waals surface area (Å²) in [5.41, 5.74) is 7.36. The van der Waals surface area contributed by atoms with Crippen molar-refractivity contribution in [3.63, 3.8) is 0 Å². The van der Waals surface area contributed by atoms with E-state index in [1.54, 1.807) is 19.3 Å². The van der Waals surface area contributed by atoms with Crippen LogP contribution in [0, 0.1) is 0 Å². The van der Waals surface area contributed by atoms with Crippen molar-refractivity contribution in [3.8, 4) is 0 Å². The summed E-state index contributed by atoms with van der Waals surface area (Å²) >= 11 is 0. The number of aliphatic imine (C=N–C) groups is 1. The van der Waals surface area contributed by atoms with E-state index in [-0.39, 0.29) is 0 Å². The molecule has 0 saturated heterocycles. The van der Waals surface area contributed by atoms with Crippen LogP contribution in [0.1, 0.15) is 6.92 Å². The van der Waals surface area contributed by atoms with E-state index in [2.05, 4.69) is 11.6 Å². The van der Waals surface area contributed by atoms with Gasteiger partial charge >= 0.3 is 0 Å². The summed E-state index contributed by atoms with van der Waals surface area (Å²) in [5.74, 6) is 0. The molecule has 0 heterocycles. The van der Waals surface area contributed by atoms with Gasteiger partial charge in [0, 0.05) is 13.3 Å². The minimum Gasteiger partial charge on any atom is -0.405 e. The van der Waals surface area contributed by atoms with Crippen LogP contribution in [0.4, 0.5) is 0 Å². The normalized spacial score (nSPS) is 14.3. The predicted octanol–water partition coefficient (Wildman–Crippen LogP) is 2.22. The van der Waals surface area contributed by atoms with Crippen LogP contribution in [0.2, 0.25) is 0 Å². The molecule has 0 bridgehead atoms. The molecule has 70 valence electrons. The molecule has 0 atom stereocenters. The van der Waals surface area contributed by atoms with Gasteiger partial charge in [-0.2, -0.15) is 0 Å². The zero-order valence-corrected chi connectivity index (χ0v) is 8.20. The Balaban J connectivity index is 4.84.